The Balaban J connectivity index is 1.20. The van der Waals surface area contributed by atoms with E-state index in [1.807, 2.05) is 12.1 Å². The highest BCUT2D eigenvalue weighted by molar-refractivity contribution is 5.76. The van der Waals surface area contributed by atoms with E-state index < -0.39 is 0 Å². The van der Waals surface area contributed by atoms with E-state index in [4.69, 9.17) is 4.52 Å². The maximum absolute atomic E-state index is 12.2. The second-order valence-electron chi connectivity index (χ2n) is 7.68. The Bertz CT molecular complexity index is 934. The van der Waals surface area contributed by atoms with Gasteiger partial charge in [-0.2, -0.15) is 4.98 Å². The zero-order valence-electron chi connectivity index (χ0n) is 17.1. The van der Waals surface area contributed by atoms with E-state index in [9.17, 15) is 4.79 Å². The van der Waals surface area contributed by atoms with Crippen molar-refractivity contribution in [1.82, 2.24) is 25.3 Å². The molecule has 1 fully saturated rings. The topological polar surface area (TPSA) is 84.1 Å². The summed E-state index contributed by atoms with van der Waals surface area (Å²) in [5.74, 6) is 0.938. The smallest absolute Gasteiger partial charge is 0.227 e. The van der Waals surface area contributed by atoms with Gasteiger partial charge in [-0.05, 0) is 49.2 Å². The zero-order valence-corrected chi connectivity index (χ0v) is 17.1. The Morgan fingerprint density at radius 2 is 1.73 bits per heavy atom. The summed E-state index contributed by atoms with van der Waals surface area (Å²) in [5.41, 5.74) is 3.27. The Hall–Kier alpha value is -3.06. The predicted octanol–water partition coefficient (Wildman–Crippen LogP) is 3.37. The van der Waals surface area contributed by atoms with Crippen LogP contribution in [0.5, 0.6) is 0 Å². The quantitative estimate of drug-likeness (QED) is 0.619. The van der Waals surface area contributed by atoms with Crippen molar-refractivity contribution in [1.29, 1.82) is 0 Å². The second kappa shape index (κ2) is 10.1. The molecule has 1 N–H and O–H groups in total. The standard InChI is InChI=1S/C23H27N5O2/c29-21(8-9-22-26-23(27-30-22)20-10-12-24-13-11-20)25-16-18-4-6-19(7-5-18)17-28-14-2-1-3-15-28/h4-7,10-13H,1-3,8-9,14-17H2,(H,25,29). The van der Waals surface area contributed by atoms with Crippen LogP contribution in [-0.4, -0.2) is 39.0 Å². The first-order chi connectivity index (χ1) is 14.8. The van der Waals surface area contributed by atoms with Gasteiger partial charge in [-0.15, -0.1) is 0 Å². The number of aryl methyl sites for hydroxylation is 1. The fourth-order valence-corrected chi connectivity index (χ4v) is 3.62. The molecule has 0 aliphatic carbocycles. The van der Waals surface area contributed by atoms with E-state index in [-0.39, 0.29) is 5.91 Å². The molecule has 3 aromatic rings. The van der Waals surface area contributed by atoms with E-state index in [0.29, 0.717) is 31.1 Å². The van der Waals surface area contributed by atoms with Crippen LogP contribution < -0.4 is 5.32 Å². The summed E-state index contributed by atoms with van der Waals surface area (Å²) in [6.45, 7) is 3.93. The minimum Gasteiger partial charge on any atom is -0.352 e. The minimum absolute atomic E-state index is 0.0314. The summed E-state index contributed by atoms with van der Waals surface area (Å²) in [6.07, 6.45) is 8.05. The van der Waals surface area contributed by atoms with Crippen molar-refractivity contribution >= 4 is 5.91 Å². The number of piperidine rings is 1. The summed E-state index contributed by atoms with van der Waals surface area (Å²) in [5, 5.41) is 6.92. The summed E-state index contributed by atoms with van der Waals surface area (Å²) in [7, 11) is 0. The number of pyridine rings is 1. The molecule has 0 atom stereocenters. The van der Waals surface area contributed by atoms with E-state index >= 15 is 0 Å². The summed E-state index contributed by atoms with van der Waals surface area (Å²) in [4.78, 5) is 23.0. The fourth-order valence-electron chi connectivity index (χ4n) is 3.62. The normalized spacial score (nSPS) is 14.5. The molecule has 1 saturated heterocycles. The van der Waals surface area contributed by atoms with Crippen LogP contribution in [0.2, 0.25) is 0 Å². The third-order valence-electron chi connectivity index (χ3n) is 5.34. The lowest BCUT2D eigenvalue weighted by molar-refractivity contribution is -0.121. The van der Waals surface area contributed by atoms with Gasteiger partial charge in [0.25, 0.3) is 0 Å². The zero-order chi connectivity index (χ0) is 20.6. The van der Waals surface area contributed by atoms with Crippen LogP contribution in [0.4, 0.5) is 0 Å². The highest BCUT2D eigenvalue weighted by Gasteiger charge is 2.12. The van der Waals surface area contributed by atoms with Crippen molar-refractivity contribution in [2.45, 2.75) is 45.2 Å². The van der Waals surface area contributed by atoms with Gasteiger partial charge in [-0.1, -0.05) is 35.8 Å². The number of carbonyl (C=O) groups excluding carboxylic acids is 1. The van der Waals surface area contributed by atoms with E-state index in [2.05, 4.69) is 49.6 Å². The van der Waals surface area contributed by atoms with Crippen molar-refractivity contribution in [3.63, 3.8) is 0 Å². The van der Waals surface area contributed by atoms with Crippen molar-refractivity contribution < 1.29 is 9.32 Å². The van der Waals surface area contributed by atoms with Crippen LogP contribution in [0.3, 0.4) is 0 Å². The Kier molecular flexibility index (Phi) is 6.82. The largest absolute Gasteiger partial charge is 0.352 e. The molecule has 4 rings (SSSR count). The second-order valence-corrected chi connectivity index (χ2v) is 7.68. The first-order valence-electron chi connectivity index (χ1n) is 10.6. The number of likely N-dealkylation sites (tertiary alicyclic amines) is 1. The molecular weight excluding hydrogens is 378 g/mol. The molecule has 0 saturated carbocycles. The first kappa shape index (κ1) is 20.2. The van der Waals surface area contributed by atoms with Gasteiger partial charge < -0.3 is 9.84 Å². The number of amides is 1. The number of nitrogens with one attached hydrogen (secondary N) is 1. The average molecular weight is 406 g/mol. The van der Waals surface area contributed by atoms with Gasteiger partial charge in [0, 0.05) is 43.9 Å². The third kappa shape index (κ3) is 5.73. The molecule has 7 heteroatoms. The lowest BCUT2D eigenvalue weighted by Crippen LogP contribution is -2.29. The number of rotatable bonds is 8. The molecule has 2 aromatic heterocycles. The van der Waals surface area contributed by atoms with Crippen LogP contribution >= 0.6 is 0 Å². The molecular formula is C23H27N5O2. The molecule has 7 nitrogen and oxygen atoms in total. The monoisotopic (exact) mass is 405 g/mol. The number of carbonyl (C=O) groups is 1. The first-order valence-corrected chi connectivity index (χ1v) is 10.6. The number of nitrogens with zero attached hydrogens (tertiary/aromatic N) is 4. The summed E-state index contributed by atoms with van der Waals surface area (Å²) >= 11 is 0. The molecule has 0 unspecified atom stereocenters. The molecule has 156 valence electrons. The molecule has 0 spiro atoms. The number of aromatic nitrogens is 3. The molecule has 1 amide bonds. The minimum atomic E-state index is -0.0314. The summed E-state index contributed by atoms with van der Waals surface area (Å²) in [6, 6.07) is 12.2. The van der Waals surface area contributed by atoms with Gasteiger partial charge in [0.2, 0.25) is 17.6 Å². The lowest BCUT2D eigenvalue weighted by Gasteiger charge is -2.26. The number of hydrogen-bond donors (Lipinski definition) is 1. The number of benzene rings is 1. The third-order valence-corrected chi connectivity index (χ3v) is 5.34. The van der Waals surface area contributed by atoms with Crippen LogP contribution in [0.1, 0.15) is 42.7 Å². The van der Waals surface area contributed by atoms with Gasteiger partial charge in [-0.25, -0.2) is 0 Å². The van der Waals surface area contributed by atoms with Gasteiger partial charge in [0.15, 0.2) is 0 Å². The molecule has 1 aromatic carbocycles. The maximum atomic E-state index is 12.2. The van der Waals surface area contributed by atoms with Crippen LogP contribution in [-0.2, 0) is 24.3 Å². The molecule has 0 radical (unpaired) electrons. The van der Waals surface area contributed by atoms with E-state index in [0.717, 1.165) is 17.7 Å². The van der Waals surface area contributed by atoms with E-state index in [1.54, 1.807) is 12.4 Å². The fraction of sp³-hybridized carbons (Fsp3) is 0.391. The number of hydrogen-bond acceptors (Lipinski definition) is 6. The van der Waals surface area contributed by atoms with Crippen molar-refractivity contribution in [2.75, 3.05) is 13.1 Å². The molecule has 1 aliphatic heterocycles. The van der Waals surface area contributed by atoms with Crippen LogP contribution in [0.15, 0.2) is 53.3 Å². The van der Waals surface area contributed by atoms with Gasteiger partial charge in [0.05, 0.1) is 0 Å². The molecule has 0 bridgehead atoms. The maximum Gasteiger partial charge on any atom is 0.227 e. The SMILES string of the molecule is O=C(CCc1nc(-c2ccncc2)no1)NCc1ccc(CN2CCCCC2)cc1. The van der Waals surface area contributed by atoms with Crippen molar-refractivity contribution in [2.24, 2.45) is 0 Å². The predicted molar refractivity (Wildman–Crippen MR) is 113 cm³/mol. The highest BCUT2D eigenvalue weighted by atomic mass is 16.5. The van der Waals surface area contributed by atoms with Crippen molar-refractivity contribution in [3.05, 3.63) is 65.8 Å². The van der Waals surface area contributed by atoms with Gasteiger partial charge >= 0.3 is 0 Å². The summed E-state index contributed by atoms with van der Waals surface area (Å²) < 4.78 is 5.24. The highest BCUT2D eigenvalue weighted by Crippen LogP contribution is 2.15. The Morgan fingerprint density at radius 3 is 2.50 bits per heavy atom. The van der Waals surface area contributed by atoms with Crippen LogP contribution in [0, 0.1) is 0 Å². The van der Waals surface area contributed by atoms with Gasteiger partial charge in [-0.3, -0.25) is 14.7 Å². The Morgan fingerprint density at radius 1 is 1.00 bits per heavy atom. The van der Waals surface area contributed by atoms with Crippen molar-refractivity contribution in [3.8, 4) is 11.4 Å². The van der Waals surface area contributed by atoms with Gasteiger partial charge in [0.1, 0.15) is 0 Å². The molecule has 1 aliphatic rings. The molecule has 3 heterocycles. The van der Waals surface area contributed by atoms with Crippen LogP contribution in [0.25, 0.3) is 11.4 Å². The average Bonchev–Trinajstić information content (AvgIpc) is 3.28. The van der Waals surface area contributed by atoms with E-state index in [1.165, 1.54) is 37.9 Å². The Labute approximate surface area is 176 Å². The molecule has 30 heavy (non-hydrogen) atoms. The lowest BCUT2D eigenvalue weighted by atomic mass is 10.1.